The van der Waals surface area contributed by atoms with Gasteiger partial charge >= 0.3 is 6.09 Å². The smallest absolute Gasteiger partial charge is 0.408 e. The monoisotopic (exact) mass is 507 g/mol. The highest BCUT2D eigenvalue weighted by Gasteiger charge is 2.39. The molecule has 0 aliphatic carbocycles. The molecule has 0 fully saturated rings. The zero-order chi connectivity index (χ0) is 27.8. The van der Waals surface area contributed by atoms with Crippen LogP contribution in [0.1, 0.15) is 86.8 Å². The second kappa shape index (κ2) is 12.9. The van der Waals surface area contributed by atoms with Crippen LogP contribution in [0.15, 0.2) is 24.3 Å². The van der Waals surface area contributed by atoms with Crippen molar-refractivity contribution in [3.8, 4) is 5.75 Å². The number of ether oxygens (including phenoxy) is 1. The third kappa shape index (κ3) is 10.4. The SMILES string of the molecule is CC(C)CCC(C)N(C(=O)C(CO)NC(=O)OC(C)(C)C)C(C(=O)NC(C)(C)C)c1ccc(O)cc1. The molecule has 0 saturated heterocycles. The number of phenols is 1. The first-order valence-electron chi connectivity index (χ1n) is 12.5. The number of benzene rings is 1. The minimum atomic E-state index is -1.32. The molecule has 9 nitrogen and oxygen atoms in total. The summed E-state index contributed by atoms with van der Waals surface area (Å²) in [5.41, 5.74) is -0.875. The van der Waals surface area contributed by atoms with Crippen molar-refractivity contribution in [2.75, 3.05) is 6.61 Å². The number of hydrogen-bond acceptors (Lipinski definition) is 6. The van der Waals surface area contributed by atoms with Crippen LogP contribution in [0, 0.1) is 5.92 Å². The molecule has 3 amide bonds. The van der Waals surface area contributed by atoms with E-state index in [-0.39, 0.29) is 5.75 Å². The minimum absolute atomic E-state index is 0.0271. The van der Waals surface area contributed by atoms with Gasteiger partial charge in [0.25, 0.3) is 0 Å². The summed E-state index contributed by atoms with van der Waals surface area (Å²) < 4.78 is 5.27. The molecule has 0 heterocycles. The molecule has 0 spiro atoms. The number of hydrogen-bond donors (Lipinski definition) is 4. The molecule has 0 radical (unpaired) electrons. The Balaban J connectivity index is 3.53. The molecule has 3 unspecified atom stereocenters. The maximum Gasteiger partial charge on any atom is 0.408 e. The summed E-state index contributed by atoms with van der Waals surface area (Å²) >= 11 is 0. The number of nitrogens with one attached hydrogen (secondary N) is 2. The highest BCUT2D eigenvalue weighted by molar-refractivity contribution is 5.92. The van der Waals surface area contributed by atoms with Gasteiger partial charge in [0.15, 0.2) is 0 Å². The number of carbonyl (C=O) groups is 3. The van der Waals surface area contributed by atoms with Gasteiger partial charge in [-0.1, -0.05) is 26.0 Å². The number of aliphatic hydroxyl groups is 1. The number of alkyl carbamates (subject to hydrolysis) is 1. The first-order chi connectivity index (χ1) is 16.4. The molecule has 1 aromatic rings. The molecule has 1 aromatic carbocycles. The fourth-order valence-corrected chi connectivity index (χ4v) is 3.66. The predicted octanol–water partition coefficient (Wildman–Crippen LogP) is 3.89. The van der Waals surface area contributed by atoms with Gasteiger partial charge in [-0.05, 0) is 84.9 Å². The molecule has 204 valence electrons. The highest BCUT2D eigenvalue weighted by atomic mass is 16.6. The van der Waals surface area contributed by atoms with E-state index in [2.05, 4.69) is 24.5 Å². The molecule has 0 aliphatic heterocycles. The number of carbonyl (C=O) groups excluding carboxylic acids is 3. The van der Waals surface area contributed by atoms with Gasteiger partial charge in [0.2, 0.25) is 11.8 Å². The van der Waals surface area contributed by atoms with Crippen LogP contribution in [0.3, 0.4) is 0 Å². The van der Waals surface area contributed by atoms with Gasteiger partial charge in [-0.3, -0.25) is 9.59 Å². The Bertz CT molecular complexity index is 871. The number of phenolic OH excluding ortho intramolecular Hbond substituents is 1. The predicted molar refractivity (Wildman–Crippen MR) is 139 cm³/mol. The quantitative estimate of drug-likeness (QED) is 0.380. The van der Waals surface area contributed by atoms with E-state index in [9.17, 15) is 24.6 Å². The Morgan fingerprint density at radius 2 is 1.53 bits per heavy atom. The van der Waals surface area contributed by atoms with E-state index in [1.54, 1.807) is 32.9 Å². The summed E-state index contributed by atoms with van der Waals surface area (Å²) in [6.45, 7) is 15.9. The van der Waals surface area contributed by atoms with Gasteiger partial charge in [0.1, 0.15) is 23.4 Å². The van der Waals surface area contributed by atoms with Gasteiger partial charge in [-0.25, -0.2) is 4.79 Å². The summed E-state index contributed by atoms with van der Waals surface area (Å²) in [5, 5.41) is 25.3. The van der Waals surface area contributed by atoms with E-state index in [0.717, 1.165) is 6.42 Å². The average molecular weight is 508 g/mol. The number of rotatable bonds is 10. The van der Waals surface area contributed by atoms with Crippen LogP contribution in [-0.2, 0) is 14.3 Å². The topological polar surface area (TPSA) is 128 Å². The number of aromatic hydroxyl groups is 1. The van der Waals surface area contributed by atoms with Crippen molar-refractivity contribution in [2.24, 2.45) is 5.92 Å². The Morgan fingerprint density at radius 3 is 1.97 bits per heavy atom. The van der Waals surface area contributed by atoms with Gasteiger partial charge in [0.05, 0.1) is 6.61 Å². The summed E-state index contributed by atoms with van der Waals surface area (Å²) in [6, 6.07) is 3.31. The van der Waals surface area contributed by atoms with Crippen molar-refractivity contribution in [1.82, 2.24) is 15.5 Å². The summed E-state index contributed by atoms with van der Waals surface area (Å²) in [6.07, 6.45) is 0.563. The number of aliphatic hydroxyl groups excluding tert-OH is 1. The molecular weight excluding hydrogens is 462 g/mol. The molecular formula is C27H45N3O6. The third-order valence-electron chi connectivity index (χ3n) is 5.30. The maximum atomic E-state index is 13.9. The van der Waals surface area contributed by atoms with Crippen molar-refractivity contribution >= 4 is 17.9 Å². The zero-order valence-electron chi connectivity index (χ0n) is 23.2. The molecule has 0 aromatic heterocycles. The first kappa shape index (κ1) is 31.2. The van der Waals surface area contributed by atoms with Crippen LogP contribution < -0.4 is 10.6 Å². The van der Waals surface area contributed by atoms with E-state index < -0.39 is 53.8 Å². The van der Waals surface area contributed by atoms with Crippen molar-refractivity contribution < 1.29 is 29.3 Å². The van der Waals surface area contributed by atoms with Gasteiger partial charge in [-0.15, -0.1) is 0 Å². The Kier molecular flexibility index (Phi) is 11.2. The molecule has 0 bridgehead atoms. The van der Waals surface area contributed by atoms with Crippen LogP contribution in [0.25, 0.3) is 0 Å². The van der Waals surface area contributed by atoms with Crippen LogP contribution in [0.2, 0.25) is 0 Å². The molecule has 1 rings (SSSR count). The maximum absolute atomic E-state index is 13.9. The average Bonchev–Trinajstić information content (AvgIpc) is 2.71. The Hall–Kier alpha value is -2.81. The van der Waals surface area contributed by atoms with Crippen molar-refractivity contribution in [2.45, 2.75) is 104 Å². The van der Waals surface area contributed by atoms with Crippen LogP contribution in [-0.4, -0.2) is 62.9 Å². The fourth-order valence-electron chi connectivity index (χ4n) is 3.66. The van der Waals surface area contributed by atoms with Gasteiger partial charge < -0.3 is 30.5 Å². The van der Waals surface area contributed by atoms with Crippen molar-refractivity contribution in [3.05, 3.63) is 29.8 Å². The van der Waals surface area contributed by atoms with Crippen LogP contribution >= 0.6 is 0 Å². The van der Waals surface area contributed by atoms with E-state index in [4.69, 9.17) is 4.74 Å². The number of amides is 3. The molecule has 0 saturated carbocycles. The summed E-state index contributed by atoms with van der Waals surface area (Å²) in [5.74, 6) is -0.624. The van der Waals surface area contributed by atoms with Crippen LogP contribution in [0.5, 0.6) is 5.75 Å². The largest absolute Gasteiger partial charge is 0.508 e. The Labute approximate surface area is 215 Å². The standard InChI is InChI=1S/C27H45N3O6/c1-17(2)10-11-18(3)30(24(34)21(16-31)28-25(35)36-27(7,8)9)22(23(33)29-26(4,5)6)19-12-14-20(32)15-13-19/h12-15,17-18,21-22,31-32H,10-11,16H2,1-9H3,(H,28,35)(H,29,33). The second-order valence-corrected chi connectivity index (χ2v) is 11.7. The molecule has 0 aliphatic rings. The highest BCUT2D eigenvalue weighted by Crippen LogP contribution is 2.29. The first-order valence-corrected chi connectivity index (χ1v) is 12.5. The minimum Gasteiger partial charge on any atom is -0.508 e. The van der Waals surface area contributed by atoms with Gasteiger partial charge in [0, 0.05) is 11.6 Å². The molecule has 9 heteroatoms. The second-order valence-electron chi connectivity index (χ2n) is 11.7. The van der Waals surface area contributed by atoms with Crippen molar-refractivity contribution in [3.63, 3.8) is 0 Å². The lowest BCUT2D eigenvalue weighted by atomic mass is 9.96. The summed E-state index contributed by atoms with van der Waals surface area (Å²) in [7, 11) is 0. The van der Waals surface area contributed by atoms with Gasteiger partial charge in [-0.2, -0.15) is 0 Å². The molecule has 3 atom stereocenters. The molecule has 36 heavy (non-hydrogen) atoms. The summed E-state index contributed by atoms with van der Waals surface area (Å²) in [4.78, 5) is 41.3. The fraction of sp³-hybridized carbons (Fsp3) is 0.667. The lowest BCUT2D eigenvalue weighted by Gasteiger charge is -2.39. The zero-order valence-corrected chi connectivity index (χ0v) is 23.2. The van der Waals surface area contributed by atoms with Crippen LogP contribution in [0.4, 0.5) is 4.79 Å². The third-order valence-corrected chi connectivity index (χ3v) is 5.30. The van der Waals surface area contributed by atoms with E-state index >= 15 is 0 Å². The van der Waals surface area contributed by atoms with Crippen molar-refractivity contribution in [1.29, 1.82) is 0 Å². The molecule has 4 N–H and O–H groups in total. The van der Waals surface area contributed by atoms with E-state index in [1.807, 2.05) is 27.7 Å². The van der Waals surface area contributed by atoms with E-state index in [1.165, 1.54) is 17.0 Å². The lowest BCUT2D eigenvalue weighted by Crippen LogP contribution is -2.57. The normalized spacial score (nSPS) is 14.5. The lowest BCUT2D eigenvalue weighted by molar-refractivity contribution is -0.146. The Morgan fingerprint density at radius 1 is 0.972 bits per heavy atom. The van der Waals surface area contributed by atoms with E-state index in [0.29, 0.717) is 17.9 Å². The number of nitrogens with zero attached hydrogens (tertiary/aromatic N) is 1.